The van der Waals surface area contributed by atoms with Gasteiger partial charge >= 0.3 is 30.2 Å². The molecule has 0 radical (unpaired) electrons. The highest BCUT2D eigenvalue weighted by Gasteiger charge is 2.44. The quantitative estimate of drug-likeness (QED) is 0.0578. The molecule has 0 amide bonds. The van der Waals surface area contributed by atoms with Gasteiger partial charge in [0.25, 0.3) is 0 Å². The number of piperidine rings is 3. The van der Waals surface area contributed by atoms with E-state index in [4.69, 9.17) is 85.9 Å². The minimum absolute atomic E-state index is 0.0239. The lowest BCUT2D eigenvalue weighted by molar-refractivity contribution is -0.139. The van der Waals surface area contributed by atoms with Crippen LogP contribution >= 0.6 is 0 Å². The van der Waals surface area contributed by atoms with E-state index in [0.717, 1.165) is 198 Å². The van der Waals surface area contributed by atoms with Crippen molar-refractivity contribution >= 4 is 55.3 Å². The van der Waals surface area contributed by atoms with Crippen molar-refractivity contribution in [2.45, 2.75) is 262 Å². The number of hydrogen-bond donors (Lipinski definition) is 0. The Kier molecular flexibility index (Phi) is 31.8. The van der Waals surface area contributed by atoms with Crippen LogP contribution in [0.15, 0.2) is 140 Å². The van der Waals surface area contributed by atoms with Gasteiger partial charge in [-0.3, -0.25) is 0 Å². The fourth-order valence-electron chi connectivity index (χ4n) is 25.5. The Morgan fingerprint density at radius 1 is 0.372 bits per heavy atom. The summed E-state index contributed by atoms with van der Waals surface area (Å²) in [6, 6.07) is 48.0. The first-order valence-corrected chi connectivity index (χ1v) is 54.8. The highest BCUT2D eigenvalue weighted by atomic mass is 19.4. The molecule has 11 aliphatic heterocycles. The maximum absolute atomic E-state index is 13.7. The molecule has 0 N–H and O–H groups in total. The number of rotatable bonds is 22. The second kappa shape index (κ2) is 46.1. The van der Waals surface area contributed by atoms with Crippen molar-refractivity contribution in [1.82, 2.24) is 59.5 Å². The van der Waals surface area contributed by atoms with Gasteiger partial charge in [0.15, 0.2) is 0 Å². The van der Waals surface area contributed by atoms with E-state index < -0.39 is 17.8 Å². The van der Waals surface area contributed by atoms with Crippen molar-refractivity contribution in [3.63, 3.8) is 0 Å². The average Bonchev–Trinajstić information content (AvgIpc) is 0.870. The molecule has 25 nitrogen and oxygen atoms in total. The fraction of sp³-hybridized carbons (Fsp3) is 0.533. The molecule has 2 aliphatic carbocycles. The van der Waals surface area contributed by atoms with Crippen LogP contribution in [-0.4, -0.2) is 217 Å². The van der Waals surface area contributed by atoms with E-state index in [1.54, 1.807) is 6.07 Å². The summed E-state index contributed by atoms with van der Waals surface area (Å²) in [6.07, 6.45) is 24.3. The average molecular weight is 2010 g/mol. The number of allylic oxidation sites excluding steroid dienone is 2. The molecular weight excluding hydrogens is 1860 g/mol. The normalized spacial score (nSPS) is 24.0. The third kappa shape index (κ3) is 22.9. The van der Waals surface area contributed by atoms with Crippen molar-refractivity contribution < 1.29 is 51.1 Å². The van der Waals surface area contributed by atoms with E-state index in [2.05, 4.69) is 213 Å². The Labute approximate surface area is 870 Å². The fourth-order valence-corrected chi connectivity index (χ4v) is 25.5. The van der Waals surface area contributed by atoms with E-state index in [1.165, 1.54) is 160 Å². The SMILES string of the molecule is Cc1cccc2cccc(C3Cc4nc(OC[C@@H]5CCCN5C)nc(C5=CCCCC5)c4CO3)c12.Cc1cccc2cccc(C3Cc4nc(OC[C@@H]5CCCN5C)nc(N5CCC6(CCC6)CC5)c4CO3)c12.[C-]#[N+]C[C@@H]1CCCN(c2nc(OC[C@H]3CCCN3C)nc3c2COC(c2cccc4cccc(C)c24)C3)C1.[C-]#[N+]C[C@@H]1CCCN(c2nc(OC[C@H]3CCCN3C)nc3c2COC(c2ccccc2C(F)(F)F)C3)C1. The third-order valence-corrected chi connectivity index (χ3v) is 34.3. The van der Waals surface area contributed by atoms with Crippen molar-refractivity contribution in [3.05, 3.63) is 258 Å². The molecule has 1 spiro atoms. The number of fused-ring (bicyclic) bond motifs is 7. The molecule has 0 bridgehead atoms. The van der Waals surface area contributed by atoms with Gasteiger partial charge in [-0.2, -0.15) is 53.0 Å². The summed E-state index contributed by atoms with van der Waals surface area (Å²) in [4.78, 5) is 63.1. The lowest BCUT2D eigenvalue weighted by Crippen LogP contribution is -2.44. The van der Waals surface area contributed by atoms with Gasteiger partial charge in [-0.15, -0.1) is 0 Å². The highest BCUT2D eigenvalue weighted by molar-refractivity contribution is 5.91. The number of benzene rings is 7. The number of anilines is 3. The number of likely N-dealkylation sites (tertiary alicyclic amines) is 4. The molecule has 778 valence electrons. The zero-order chi connectivity index (χ0) is 102. The molecule has 1 saturated carbocycles. The summed E-state index contributed by atoms with van der Waals surface area (Å²) in [5, 5.41) is 7.65. The van der Waals surface area contributed by atoms with Crippen LogP contribution in [0.25, 0.3) is 47.6 Å². The summed E-state index contributed by atoms with van der Waals surface area (Å²) in [7, 11) is 8.62. The summed E-state index contributed by atoms with van der Waals surface area (Å²) in [5.41, 5.74) is 18.0. The van der Waals surface area contributed by atoms with Gasteiger partial charge in [-0.05, 0) is 292 Å². The molecule has 10 atom stereocenters. The minimum atomic E-state index is -4.47. The first-order chi connectivity index (χ1) is 72.2. The maximum atomic E-state index is 13.7. The van der Waals surface area contributed by atoms with E-state index in [9.17, 15) is 13.2 Å². The van der Waals surface area contributed by atoms with E-state index in [-0.39, 0.29) is 54.9 Å². The standard InChI is InChI=1S/C32H40N4O2.C31H37N5O2.C30H35N3O2.C27H32F3N5O2/c1-22-7-3-8-23-9-4-11-25(29(22)23)28-19-27-26(21-37-28)30(36-17-14-32(15-18-36)12-6-13-32)34-31(33-27)38-20-24-10-5-16-35(24)2;1-21-8-4-10-23-11-5-13-25(29(21)23)28-16-27-26(20-37-28)30(36-15-6-9-22(18-36)17-32-2)34-31(33-27)38-19-24-12-7-14-35(24)3;1-20-9-6-12-21-13-7-15-24(28(20)21)27-17-26-25(19-34-27)29(22-10-4-3-5-11-22)32-30(31-26)35-18-23-14-8-16-33(23)2;1-31-14-18-7-5-12-35(15-18)25-21-17-36-24(20-9-3-4-10-22(20)27(28,29)30)13-23(21)32-26(33-25)37-16-19-8-6-11-34(19)2/h3-4,7-9,11,24,28H,5-6,10,12-21H2,1-2H3;4-5,8,10-11,13,22,24,28H,6-7,9,12,14-20H2,1,3H3;6-7,9-10,12-13,15,23,27H,3-5,8,11,14,16-19H2,1-2H3;3-4,9-10,18-19,24H,5-8,11-17H2,2H3/t24-,28?;22-,24+,28?;23-,27?;18-,19+,24?/m0000/s1. The smallest absolute Gasteiger partial charge is 0.416 e. The van der Waals surface area contributed by atoms with Crippen molar-refractivity contribution in [1.29, 1.82) is 0 Å². The Morgan fingerprint density at radius 2 is 0.723 bits per heavy atom. The molecule has 8 fully saturated rings. The predicted molar refractivity (Wildman–Crippen MR) is 572 cm³/mol. The molecule has 15 heterocycles. The van der Waals surface area contributed by atoms with Gasteiger partial charge in [0.2, 0.25) is 13.1 Å². The number of nitrogens with zero attached hydrogens (tertiary/aromatic N) is 17. The molecule has 28 heteroatoms. The number of likely N-dealkylation sites (N-methyl/N-ethyl adjacent to an activating group) is 4. The lowest BCUT2D eigenvalue weighted by Gasteiger charge is -2.48. The van der Waals surface area contributed by atoms with E-state index in [1.807, 2.05) is 0 Å². The monoisotopic (exact) mass is 2010 g/mol. The van der Waals surface area contributed by atoms with Crippen LogP contribution in [0, 0.1) is 51.2 Å². The summed E-state index contributed by atoms with van der Waals surface area (Å²) < 4.78 is 91.8. The van der Waals surface area contributed by atoms with Crippen LogP contribution in [0.3, 0.4) is 0 Å². The van der Waals surface area contributed by atoms with E-state index in [0.29, 0.717) is 125 Å². The molecule has 7 saturated heterocycles. The molecule has 11 aromatic rings. The second-order valence-corrected chi connectivity index (χ2v) is 44.0. The maximum Gasteiger partial charge on any atom is 0.416 e. The van der Waals surface area contributed by atoms with Crippen molar-refractivity contribution in [2.24, 2.45) is 17.3 Å². The molecule has 148 heavy (non-hydrogen) atoms. The van der Waals surface area contributed by atoms with Gasteiger partial charge in [-0.1, -0.05) is 140 Å². The molecule has 7 aromatic carbocycles. The zero-order valence-corrected chi connectivity index (χ0v) is 87.4. The Hall–Kier alpha value is -11.6. The molecular formula is C120H144F3N17O8. The Morgan fingerprint density at radius 3 is 1.08 bits per heavy atom. The summed E-state index contributed by atoms with van der Waals surface area (Å²) >= 11 is 0. The summed E-state index contributed by atoms with van der Waals surface area (Å²) in [5.74, 6) is 3.33. The van der Waals surface area contributed by atoms with Gasteiger partial charge in [-0.25, -0.2) is 13.1 Å². The third-order valence-electron chi connectivity index (χ3n) is 34.3. The first kappa shape index (κ1) is 102. The first-order valence-electron chi connectivity index (χ1n) is 54.8. The number of hydrogen-bond acceptors (Lipinski definition) is 23. The number of aryl methyl sites for hydroxylation is 3. The van der Waals surface area contributed by atoms with E-state index >= 15 is 0 Å². The van der Waals surface area contributed by atoms with Crippen molar-refractivity contribution in [3.8, 4) is 24.0 Å². The van der Waals surface area contributed by atoms with Crippen LogP contribution < -0.4 is 33.6 Å². The molecule has 4 aromatic heterocycles. The molecule has 13 aliphatic rings. The number of aromatic nitrogens is 8. The van der Waals surface area contributed by atoms with Crippen LogP contribution in [0.2, 0.25) is 0 Å². The van der Waals surface area contributed by atoms with Gasteiger partial charge in [0.05, 0.1) is 84.9 Å². The highest BCUT2D eigenvalue weighted by Crippen LogP contribution is 2.52. The van der Waals surface area contributed by atoms with Gasteiger partial charge in [0.1, 0.15) is 43.9 Å². The summed E-state index contributed by atoms with van der Waals surface area (Å²) in [6.45, 7) is 36.1. The number of alkyl halides is 3. The molecule has 24 rings (SSSR count). The molecule has 4 unspecified atom stereocenters. The number of ether oxygens (including phenoxy) is 8. The van der Waals surface area contributed by atoms with Crippen LogP contribution in [0.1, 0.15) is 254 Å². The Bertz CT molecular complexity index is 6660. The Balaban J connectivity index is 0.000000116. The predicted octanol–water partition coefficient (Wildman–Crippen LogP) is 22.5. The van der Waals surface area contributed by atoms with Crippen LogP contribution in [0.4, 0.5) is 30.6 Å². The zero-order valence-electron chi connectivity index (χ0n) is 87.4. The number of halogens is 3. The van der Waals surface area contributed by atoms with Crippen LogP contribution in [0.5, 0.6) is 24.0 Å². The largest absolute Gasteiger partial charge is 0.462 e. The lowest BCUT2D eigenvalue weighted by atomic mass is 9.63. The van der Waals surface area contributed by atoms with Crippen molar-refractivity contribution in [2.75, 3.05) is 148 Å². The van der Waals surface area contributed by atoms with Gasteiger partial charge < -0.3 is 81.9 Å². The van der Waals surface area contributed by atoms with Crippen LogP contribution in [-0.2, 0) is 77.2 Å². The van der Waals surface area contributed by atoms with Gasteiger partial charge in [0, 0.05) is 123 Å². The second-order valence-electron chi connectivity index (χ2n) is 44.0. The topological polar surface area (TPSA) is 208 Å². The minimum Gasteiger partial charge on any atom is -0.462 e.